The lowest BCUT2D eigenvalue weighted by atomic mass is 9.87. The Kier molecular flexibility index (Phi) is 5.90. The summed E-state index contributed by atoms with van der Waals surface area (Å²) in [6.45, 7) is 4.13. The monoisotopic (exact) mass is 434 g/mol. The Hall–Kier alpha value is -1.29. The average Bonchev–Trinajstić information content (AvgIpc) is 3.23. The molecule has 3 N–H and O–H groups in total. The van der Waals surface area contributed by atoms with Gasteiger partial charge in [0.2, 0.25) is 0 Å². The van der Waals surface area contributed by atoms with Crippen LogP contribution in [0.15, 0.2) is 21.5 Å². The molecule has 8 heteroatoms. The quantitative estimate of drug-likeness (QED) is 0.424. The first-order valence-electron chi connectivity index (χ1n) is 7.54. The molecule has 2 saturated heterocycles. The van der Waals surface area contributed by atoms with Crippen molar-refractivity contribution in [1.82, 2.24) is 10.2 Å². The van der Waals surface area contributed by atoms with Crippen molar-refractivity contribution in [3.63, 3.8) is 0 Å². The topological polar surface area (TPSA) is 93.1 Å². The first kappa shape index (κ1) is 18.1. The van der Waals surface area contributed by atoms with E-state index in [-0.39, 0.29) is 29.7 Å². The number of ether oxygens (including phenoxy) is 1. The van der Waals surface area contributed by atoms with E-state index in [9.17, 15) is 4.79 Å². The zero-order chi connectivity index (χ0) is 15.6. The summed E-state index contributed by atoms with van der Waals surface area (Å²) in [6, 6.07) is 3.33. The minimum Gasteiger partial charge on any atom is -0.454 e. The summed E-state index contributed by atoms with van der Waals surface area (Å²) >= 11 is 0. The highest BCUT2D eigenvalue weighted by atomic mass is 127. The molecule has 128 valence electrons. The van der Waals surface area contributed by atoms with Crippen molar-refractivity contribution in [2.24, 2.45) is 16.1 Å². The molecule has 1 aromatic heterocycles. The number of nitrogens with zero attached hydrogens (tertiary/aromatic N) is 2. The second-order valence-corrected chi connectivity index (χ2v) is 6.01. The Bertz CT molecular complexity index is 581. The number of guanidine groups is 1. The lowest BCUT2D eigenvalue weighted by Gasteiger charge is -2.24. The first-order chi connectivity index (χ1) is 10.6. The predicted octanol–water partition coefficient (Wildman–Crippen LogP) is 1.18. The maximum atomic E-state index is 11.0. The van der Waals surface area contributed by atoms with Crippen LogP contribution in [0.5, 0.6) is 0 Å². The highest BCUT2D eigenvalue weighted by Crippen LogP contribution is 2.38. The predicted molar refractivity (Wildman–Crippen MR) is 96.9 cm³/mol. The maximum absolute atomic E-state index is 11.0. The van der Waals surface area contributed by atoms with Crippen LogP contribution < -0.4 is 11.1 Å². The molecule has 0 radical (unpaired) electrons. The molecule has 3 heterocycles. The van der Waals surface area contributed by atoms with Crippen molar-refractivity contribution in [3.05, 3.63) is 23.7 Å². The molecule has 2 fully saturated rings. The van der Waals surface area contributed by atoms with E-state index in [0.717, 1.165) is 45.1 Å². The zero-order valence-corrected chi connectivity index (χ0v) is 15.5. The van der Waals surface area contributed by atoms with Crippen LogP contribution >= 0.6 is 24.0 Å². The van der Waals surface area contributed by atoms with Crippen molar-refractivity contribution in [2.45, 2.75) is 19.4 Å². The molecule has 0 saturated carbocycles. The van der Waals surface area contributed by atoms with Crippen LogP contribution in [0.1, 0.15) is 29.2 Å². The van der Waals surface area contributed by atoms with Gasteiger partial charge in [0.05, 0.1) is 13.2 Å². The number of nitrogens with one attached hydrogen (secondary N) is 1. The van der Waals surface area contributed by atoms with Gasteiger partial charge in [-0.3, -0.25) is 9.79 Å². The van der Waals surface area contributed by atoms with Crippen LogP contribution in [0, 0.1) is 5.41 Å². The summed E-state index contributed by atoms with van der Waals surface area (Å²) in [5.41, 5.74) is 5.47. The number of amides is 1. The summed E-state index contributed by atoms with van der Waals surface area (Å²) in [6.07, 6.45) is 2.26. The molecule has 2 aliphatic heterocycles. The van der Waals surface area contributed by atoms with E-state index < -0.39 is 5.91 Å². The fourth-order valence-corrected chi connectivity index (χ4v) is 3.19. The van der Waals surface area contributed by atoms with Crippen molar-refractivity contribution in [1.29, 1.82) is 0 Å². The van der Waals surface area contributed by atoms with Crippen LogP contribution in [0.25, 0.3) is 0 Å². The van der Waals surface area contributed by atoms with E-state index in [4.69, 9.17) is 14.9 Å². The molecule has 1 unspecified atom stereocenters. The molecule has 7 nitrogen and oxygen atoms in total. The number of rotatable bonds is 3. The molecule has 3 rings (SSSR count). The van der Waals surface area contributed by atoms with Gasteiger partial charge in [-0.05, 0) is 25.0 Å². The Morgan fingerprint density at radius 2 is 2.30 bits per heavy atom. The van der Waals surface area contributed by atoms with Gasteiger partial charge in [0.1, 0.15) is 5.76 Å². The van der Waals surface area contributed by atoms with Gasteiger partial charge in [-0.25, -0.2) is 0 Å². The molecule has 1 amide bonds. The zero-order valence-electron chi connectivity index (χ0n) is 13.2. The third kappa shape index (κ3) is 3.97. The summed E-state index contributed by atoms with van der Waals surface area (Å²) < 4.78 is 10.9. The van der Waals surface area contributed by atoms with Gasteiger partial charge in [-0.1, -0.05) is 0 Å². The summed E-state index contributed by atoms with van der Waals surface area (Å²) in [4.78, 5) is 17.6. The third-order valence-electron chi connectivity index (χ3n) is 4.46. The molecular formula is C15H23IN4O3. The number of halogens is 1. The van der Waals surface area contributed by atoms with E-state index in [1.807, 2.05) is 0 Å². The highest BCUT2D eigenvalue weighted by Gasteiger charge is 2.42. The van der Waals surface area contributed by atoms with Gasteiger partial charge in [0.15, 0.2) is 11.7 Å². The van der Waals surface area contributed by atoms with Crippen molar-refractivity contribution < 1.29 is 13.9 Å². The van der Waals surface area contributed by atoms with Gasteiger partial charge in [-0.2, -0.15) is 0 Å². The van der Waals surface area contributed by atoms with E-state index in [1.165, 1.54) is 0 Å². The minimum atomic E-state index is -0.557. The van der Waals surface area contributed by atoms with Gasteiger partial charge in [-0.15, -0.1) is 24.0 Å². The van der Waals surface area contributed by atoms with Crippen LogP contribution in [0.3, 0.4) is 0 Å². The Morgan fingerprint density at radius 1 is 1.48 bits per heavy atom. The molecule has 0 bridgehead atoms. The van der Waals surface area contributed by atoms with E-state index in [2.05, 4.69) is 15.2 Å². The van der Waals surface area contributed by atoms with Crippen molar-refractivity contribution in [3.8, 4) is 0 Å². The van der Waals surface area contributed by atoms with Gasteiger partial charge < -0.3 is 25.1 Å². The third-order valence-corrected chi connectivity index (χ3v) is 4.46. The molecule has 2 aliphatic rings. The van der Waals surface area contributed by atoms with Crippen LogP contribution in [0.4, 0.5) is 0 Å². The normalized spacial score (nSPS) is 24.0. The number of furan rings is 1. The minimum absolute atomic E-state index is 0. The number of primary amides is 1. The second-order valence-electron chi connectivity index (χ2n) is 6.01. The Labute approximate surface area is 152 Å². The molecule has 1 spiro atoms. The van der Waals surface area contributed by atoms with E-state index in [1.54, 1.807) is 19.2 Å². The number of likely N-dealkylation sites (tertiary alicyclic amines) is 1. The van der Waals surface area contributed by atoms with E-state index in [0.29, 0.717) is 17.7 Å². The van der Waals surface area contributed by atoms with Crippen LogP contribution in [-0.2, 0) is 11.3 Å². The average molecular weight is 434 g/mol. The lowest BCUT2D eigenvalue weighted by Crippen LogP contribution is -2.41. The number of carbonyl (C=O) groups excluding carboxylic acids is 1. The largest absolute Gasteiger partial charge is 0.454 e. The molecule has 0 aliphatic carbocycles. The summed E-state index contributed by atoms with van der Waals surface area (Å²) in [5.74, 6) is 1.13. The second kappa shape index (κ2) is 7.52. The standard InChI is InChI=1S/C15H22N4O3.HI/c1-17-14(18-8-11-2-3-12(22-11)13(16)20)19-6-4-15(9-19)5-7-21-10-15;/h2-3H,4-10H2,1H3,(H2,16,20)(H,17,18);1H. The molecular weight excluding hydrogens is 411 g/mol. The fourth-order valence-electron chi connectivity index (χ4n) is 3.19. The van der Waals surface area contributed by atoms with Gasteiger partial charge in [0.25, 0.3) is 5.91 Å². The number of carbonyl (C=O) groups is 1. The smallest absolute Gasteiger partial charge is 0.284 e. The highest BCUT2D eigenvalue weighted by molar-refractivity contribution is 14.0. The molecule has 1 aromatic rings. The molecule has 0 aromatic carbocycles. The number of hydrogen-bond acceptors (Lipinski definition) is 4. The first-order valence-corrected chi connectivity index (χ1v) is 7.54. The Morgan fingerprint density at radius 3 is 2.91 bits per heavy atom. The van der Waals surface area contributed by atoms with Gasteiger partial charge in [0, 0.05) is 32.2 Å². The summed E-state index contributed by atoms with van der Waals surface area (Å²) in [5, 5.41) is 3.28. The molecule has 1 atom stereocenters. The maximum Gasteiger partial charge on any atom is 0.284 e. The molecule has 23 heavy (non-hydrogen) atoms. The number of aliphatic imine (C=N–C) groups is 1. The van der Waals surface area contributed by atoms with Crippen LogP contribution in [0.2, 0.25) is 0 Å². The number of nitrogens with two attached hydrogens (primary N) is 1. The summed E-state index contributed by atoms with van der Waals surface area (Å²) in [7, 11) is 1.77. The van der Waals surface area contributed by atoms with E-state index >= 15 is 0 Å². The fraction of sp³-hybridized carbons (Fsp3) is 0.600. The van der Waals surface area contributed by atoms with Crippen molar-refractivity contribution >= 4 is 35.8 Å². The lowest BCUT2D eigenvalue weighted by molar-refractivity contribution is 0.0972. The Balaban J connectivity index is 0.00000192. The number of hydrogen-bond donors (Lipinski definition) is 2. The van der Waals surface area contributed by atoms with Crippen molar-refractivity contribution in [2.75, 3.05) is 33.4 Å². The van der Waals surface area contributed by atoms with Gasteiger partial charge >= 0.3 is 0 Å². The SMILES string of the molecule is CN=C(NCc1ccc(C(N)=O)o1)N1CCC2(CCOC2)C1.I. The van der Waals surface area contributed by atoms with Crippen LogP contribution in [-0.4, -0.2) is 50.1 Å².